The normalized spacial score (nSPS) is 12.6. The van der Waals surface area contributed by atoms with Crippen LogP contribution in [0.3, 0.4) is 0 Å². The zero-order valence-corrected chi connectivity index (χ0v) is 11.8. The highest BCUT2D eigenvalue weighted by molar-refractivity contribution is 5.99. The minimum Gasteiger partial charge on any atom is -0.310 e. The van der Waals surface area contributed by atoms with Gasteiger partial charge < -0.3 is 5.32 Å². The molecule has 0 rings (SSSR count). The van der Waals surface area contributed by atoms with Crippen molar-refractivity contribution in [1.29, 1.82) is 0 Å². The van der Waals surface area contributed by atoms with E-state index in [1.807, 2.05) is 32.1 Å². The number of carbonyl (C=O) groups excluding carboxylic acids is 1. The van der Waals surface area contributed by atoms with Crippen LogP contribution in [0.5, 0.6) is 0 Å². The summed E-state index contributed by atoms with van der Waals surface area (Å²) in [5.74, 6) is 0.962. The zero-order valence-electron chi connectivity index (χ0n) is 11.8. The Morgan fingerprint density at radius 1 is 1.24 bits per heavy atom. The van der Waals surface area contributed by atoms with Gasteiger partial charge >= 0.3 is 0 Å². The van der Waals surface area contributed by atoms with E-state index in [9.17, 15) is 4.79 Å². The molecule has 0 aliphatic heterocycles. The van der Waals surface area contributed by atoms with E-state index in [0.717, 1.165) is 24.5 Å². The number of hydrogen-bond acceptors (Lipinski definition) is 2. The van der Waals surface area contributed by atoms with E-state index in [2.05, 4.69) is 19.2 Å². The topological polar surface area (TPSA) is 29.1 Å². The lowest BCUT2D eigenvalue weighted by atomic mass is 10.00. The van der Waals surface area contributed by atoms with E-state index < -0.39 is 0 Å². The van der Waals surface area contributed by atoms with Crippen molar-refractivity contribution in [2.45, 2.75) is 47.0 Å². The average molecular weight is 237 g/mol. The minimum absolute atomic E-state index is 0.176. The first-order chi connectivity index (χ1) is 8.19. The Bertz CT molecular complexity index is 262. The number of rotatable bonds is 9. The second-order valence-electron chi connectivity index (χ2n) is 4.32. The maximum atomic E-state index is 11.8. The first-order valence-electron chi connectivity index (χ1n) is 6.72. The molecule has 0 aromatic carbocycles. The van der Waals surface area contributed by atoms with Crippen molar-refractivity contribution in [3.63, 3.8) is 0 Å². The third kappa shape index (κ3) is 7.11. The molecule has 0 aliphatic rings. The van der Waals surface area contributed by atoms with Gasteiger partial charge in [0.05, 0.1) is 6.54 Å². The summed E-state index contributed by atoms with van der Waals surface area (Å²) in [4.78, 5) is 11.8. The van der Waals surface area contributed by atoms with Crippen molar-refractivity contribution in [3.8, 4) is 0 Å². The highest BCUT2D eigenvalue weighted by atomic mass is 16.1. The van der Waals surface area contributed by atoms with E-state index in [1.165, 1.54) is 12.8 Å². The summed E-state index contributed by atoms with van der Waals surface area (Å²) in [6.07, 6.45) is 9.25. The second-order valence-corrected chi connectivity index (χ2v) is 4.32. The first kappa shape index (κ1) is 16.1. The number of carbonyl (C=O) groups is 1. The van der Waals surface area contributed by atoms with Crippen LogP contribution in [0.2, 0.25) is 0 Å². The summed E-state index contributed by atoms with van der Waals surface area (Å²) in [5.41, 5.74) is 0.794. The number of allylic oxidation sites excluding steroid dienone is 3. The summed E-state index contributed by atoms with van der Waals surface area (Å²) in [6.45, 7) is 9.66. The molecular formula is C15H27NO. The van der Waals surface area contributed by atoms with Crippen LogP contribution in [0, 0.1) is 5.92 Å². The van der Waals surface area contributed by atoms with Gasteiger partial charge in [0.15, 0.2) is 5.78 Å². The van der Waals surface area contributed by atoms with Crippen LogP contribution in [0.4, 0.5) is 0 Å². The van der Waals surface area contributed by atoms with E-state index in [4.69, 9.17) is 0 Å². The van der Waals surface area contributed by atoms with Crippen LogP contribution < -0.4 is 5.32 Å². The molecular weight excluding hydrogens is 210 g/mol. The Kier molecular flexibility index (Phi) is 9.74. The Hall–Kier alpha value is -0.890. The standard InChI is InChI=1S/C15H27NO/c1-5-9-14(8-4)15(17)12-16-11-10-13(6-2)7-3/h5,8-9,13,16H,6-7,10-12H2,1-4H3/b9-5-,14-8+. The van der Waals surface area contributed by atoms with Gasteiger partial charge in [-0.15, -0.1) is 0 Å². The van der Waals surface area contributed by atoms with Crippen molar-refractivity contribution in [2.24, 2.45) is 5.92 Å². The molecule has 0 aromatic rings. The summed E-state index contributed by atoms with van der Waals surface area (Å²) in [5, 5.41) is 3.23. The van der Waals surface area contributed by atoms with Crippen molar-refractivity contribution < 1.29 is 4.79 Å². The lowest BCUT2D eigenvalue weighted by molar-refractivity contribution is -0.114. The Labute approximate surface area is 106 Å². The molecule has 0 heterocycles. The fourth-order valence-electron chi connectivity index (χ4n) is 1.84. The molecule has 17 heavy (non-hydrogen) atoms. The van der Waals surface area contributed by atoms with Crippen molar-refractivity contribution >= 4 is 5.78 Å². The molecule has 0 atom stereocenters. The van der Waals surface area contributed by atoms with Crippen LogP contribution in [-0.4, -0.2) is 18.9 Å². The highest BCUT2D eigenvalue weighted by Crippen LogP contribution is 2.10. The molecule has 2 nitrogen and oxygen atoms in total. The van der Waals surface area contributed by atoms with Crippen molar-refractivity contribution in [3.05, 3.63) is 23.8 Å². The number of hydrogen-bond donors (Lipinski definition) is 1. The highest BCUT2D eigenvalue weighted by Gasteiger charge is 2.06. The average Bonchev–Trinajstić information content (AvgIpc) is 2.35. The van der Waals surface area contributed by atoms with Gasteiger partial charge in [-0.3, -0.25) is 4.79 Å². The molecule has 0 fully saturated rings. The molecule has 0 saturated heterocycles. The van der Waals surface area contributed by atoms with Crippen molar-refractivity contribution in [2.75, 3.05) is 13.1 Å². The molecule has 2 heteroatoms. The van der Waals surface area contributed by atoms with Crippen molar-refractivity contribution in [1.82, 2.24) is 5.32 Å². The molecule has 0 aliphatic carbocycles. The third-order valence-corrected chi connectivity index (χ3v) is 3.15. The predicted octanol–water partition coefficient (Wildman–Crippen LogP) is 3.49. The molecule has 1 N–H and O–H groups in total. The maximum absolute atomic E-state index is 11.8. The van der Waals surface area contributed by atoms with E-state index in [-0.39, 0.29) is 5.78 Å². The van der Waals surface area contributed by atoms with Gasteiger partial charge in [-0.1, -0.05) is 44.9 Å². The van der Waals surface area contributed by atoms with Gasteiger partial charge in [0, 0.05) is 5.57 Å². The zero-order chi connectivity index (χ0) is 13.1. The Morgan fingerprint density at radius 2 is 1.88 bits per heavy atom. The summed E-state index contributed by atoms with van der Waals surface area (Å²) >= 11 is 0. The summed E-state index contributed by atoms with van der Waals surface area (Å²) < 4.78 is 0. The van der Waals surface area contributed by atoms with Gasteiger partial charge in [0.2, 0.25) is 0 Å². The van der Waals surface area contributed by atoms with E-state index >= 15 is 0 Å². The second kappa shape index (κ2) is 10.3. The largest absolute Gasteiger partial charge is 0.310 e. The van der Waals surface area contributed by atoms with E-state index in [0.29, 0.717) is 6.54 Å². The number of ketones is 1. The third-order valence-electron chi connectivity index (χ3n) is 3.15. The molecule has 0 radical (unpaired) electrons. The van der Waals surface area contributed by atoms with Gasteiger partial charge in [0.25, 0.3) is 0 Å². The molecule has 98 valence electrons. The predicted molar refractivity (Wildman–Crippen MR) is 75.1 cm³/mol. The number of Topliss-reactive ketones (excluding diaryl/α,β-unsaturated/α-hetero) is 1. The molecule has 0 saturated carbocycles. The SMILES string of the molecule is C/C=C\C(=C/C)C(=O)CNCCC(CC)CC. The van der Waals surface area contributed by atoms with Crippen LogP contribution in [-0.2, 0) is 4.79 Å². The first-order valence-corrected chi connectivity index (χ1v) is 6.72. The van der Waals surface area contributed by atoms with E-state index in [1.54, 1.807) is 0 Å². The fraction of sp³-hybridized carbons (Fsp3) is 0.667. The Morgan fingerprint density at radius 3 is 2.35 bits per heavy atom. The van der Waals surface area contributed by atoms with Crippen LogP contribution >= 0.6 is 0 Å². The van der Waals surface area contributed by atoms with Gasteiger partial charge in [-0.25, -0.2) is 0 Å². The molecule has 0 bridgehead atoms. The minimum atomic E-state index is 0.176. The summed E-state index contributed by atoms with van der Waals surface area (Å²) in [7, 11) is 0. The smallest absolute Gasteiger partial charge is 0.176 e. The van der Waals surface area contributed by atoms with Crippen LogP contribution in [0.15, 0.2) is 23.8 Å². The molecule has 0 spiro atoms. The van der Waals surface area contributed by atoms with Gasteiger partial charge in [-0.05, 0) is 32.7 Å². The monoisotopic (exact) mass is 237 g/mol. The number of nitrogens with one attached hydrogen (secondary N) is 1. The van der Waals surface area contributed by atoms with Gasteiger partial charge in [0.1, 0.15) is 0 Å². The van der Waals surface area contributed by atoms with Crippen LogP contribution in [0.25, 0.3) is 0 Å². The van der Waals surface area contributed by atoms with Crippen LogP contribution in [0.1, 0.15) is 47.0 Å². The Balaban J connectivity index is 3.85. The summed E-state index contributed by atoms with van der Waals surface area (Å²) in [6, 6.07) is 0. The maximum Gasteiger partial charge on any atom is 0.176 e. The lowest BCUT2D eigenvalue weighted by Gasteiger charge is -2.12. The van der Waals surface area contributed by atoms with Gasteiger partial charge in [-0.2, -0.15) is 0 Å². The lowest BCUT2D eigenvalue weighted by Crippen LogP contribution is -2.25. The molecule has 0 unspecified atom stereocenters. The molecule has 0 amide bonds. The fourth-order valence-corrected chi connectivity index (χ4v) is 1.84. The molecule has 0 aromatic heterocycles. The quantitative estimate of drug-likeness (QED) is 0.378.